The summed E-state index contributed by atoms with van der Waals surface area (Å²) in [6, 6.07) is 9.95. The topological polar surface area (TPSA) is 43.8 Å². The maximum Gasteiger partial charge on any atom is 0.244 e. The number of hydrogen-bond donors (Lipinski definition) is 1. The Morgan fingerprint density at radius 3 is 2.38 bits per heavy atom. The second-order valence-electron chi connectivity index (χ2n) is 6.24. The molecule has 114 valence electrons. The van der Waals surface area contributed by atoms with Gasteiger partial charge in [-0.25, -0.2) is 0 Å². The SMILES string of the molecule is CC(O)C1CCN(C2CCN(c3ccccc3)C2=O)CC1. The van der Waals surface area contributed by atoms with E-state index in [1.807, 2.05) is 42.2 Å². The van der Waals surface area contributed by atoms with Gasteiger partial charge in [-0.05, 0) is 57.3 Å². The van der Waals surface area contributed by atoms with Crippen LogP contribution in [0.5, 0.6) is 0 Å². The molecule has 2 aliphatic rings. The van der Waals surface area contributed by atoms with Crippen LogP contribution >= 0.6 is 0 Å². The number of carbonyl (C=O) groups is 1. The van der Waals surface area contributed by atoms with Gasteiger partial charge in [-0.2, -0.15) is 0 Å². The van der Waals surface area contributed by atoms with Crippen molar-refractivity contribution in [3.05, 3.63) is 30.3 Å². The normalized spacial score (nSPS) is 26.3. The Morgan fingerprint density at radius 2 is 1.76 bits per heavy atom. The number of hydrogen-bond acceptors (Lipinski definition) is 3. The second-order valence-corrected chi connectivity index (χ2v) is 6.24. The summed E-state index contributed by atoms with van der Waals surface area (Å²) in [5.41, 5.74) is 1.00. The number of nitrogens with zero attached hydrogens (tertiary/aromatic N) is 2. The van der Waals surface area contributed by atoms with Gasteiger partial charge in [0.25, 0.3) is 0 Å². The summed E-state index contributed by atoms with van der Waals surface area (Å²) in [5, 5.41) is 9.68. The molecule has 2 heterocycles. The first-order valence-electron chi connectivity index (χ1n) is 7.95. The number of likely N-dealkylation sites (tertiary alicyclic amines) is 1. The van der Waals surface area contributed by atoms with Crippen molar-refractivity contribution in [2.24, 2.45) is 5.92 Å². The number of amides is 1. The van der Waals surface area contributed by atoms with Gasteiger partial charge in [-0.1, -0.05) is 18.2 Å². The first-order valence-corrected chi connectivity index (χ1v) is 7.95. The van der Waals surface area contributed by atoms with Crippen LogP contribution in [0.3, 0.4) is 0 Å². The molecule has 3 rings (SSSR count). The molecular formula is C17H24N2O2. The summed E-state index contributed by atoms with van der Waals surface area (Å²) in [7, 11) is 0. The highest BCUT2D eigenvalue weighted by Gasteiger charge is 2.38. The van der Waals surface area contributed by atoms with Crippen molar-refractivity contribution in [3.63, 3.8) is 0 Å². The molecule has 1 amide bonds. The van der Waals surface area contributed by atoms with Crippen molar-refractivity contribution in [1.82, 2.24) is 4.90 Å². The Kier molecular flexibility index (Phi) is 4.27. The van der Waals surface area contributed by atoms with Crippen LogP contribution in [0.1, 0.15) is 26.2 Å². The van der Waals surface area contributed by atoms with Gasteiger partial charge in [-0.15, -0.1) is 0 Å². The highest BCUT2D eigenvalue weighted by molar-refractivity contribution is 5.99. The summed E-state index contributed by atoms with van der Waals surface area (Å²) in [6.45, 7) is 4.53. The molecule has 4 heteroatoms. The van der Waals surface area contributed by atoms with Gasteiger partial charge in [0, 0.05) is 12.2 Å². The summed E-state index contributed by atoms with van der Waals surface area (Å²) < 4.78 is 0. The zero-order valence-corrected chi connectivity index (χ0v) is 12.6. The maximum absolute atomic E-state index is 12.7. The molecule has 2 atom stereocenters. The van der Waals surface area contributed by atoms with Crippen molar-refractivity contribution < 1.29 is 9.90 Å². The number of aliphatic hydroxyl groups excluding tert-OH is 1. The lowest BCUT2D eigenvalue weighted by molar-refractivity contribution is -0.122. The number of piperidine rings is 1. The molecule has 0 bridgehead atoms. The van der Waals surface area contributed by atoms with Crippen LogP contribution in [0.15, 0.2) is 30.3 Å². The number of para-hydroxylation sites is 1. The summed E-state index contributed by atoms with van der Waals surface area (Å²) >= 11 is 0. The Morgan fingerprint density at radius 1 is 1.10 bits per heavy atom. The number of rotatable bonds is 3. The molecule has 2 saturated heterocycles. The van der Waals surface area contributed by atoms with Gasteiger partial charge >= 0.3 is 0 Å². The molecule has 0 aliphatic carbocycles. The van der Waals surface area contributed by atoms with E-state index in [0.717, 1.165) is 44.6 Å². The van der Waals surface area contributed by atoms with Gasteiger partial charge in [0.1, 0.15) is 0 Å². The molecule has 0 saturated carbocycles. The lowest BCUT2D eigenvalue weighted by Crippen LogP contribution is -2.47. The van der Waals surface area contributed by atoms with Gasteiger partial charge in [-0.3, -0.25) is 9.69 Å². The van der Waals surface area contributed by atoms with Crippen molar-refractivity contribution in [3.8, 4) is 0 Å². The molecular weight excluding hydrogens is 264 g/mol. The zero-order valence-electron chi connectivity index (χ0n) is 12.6. The summed E-state index contributed by atoms with van der Waals surface area (Å²) in [5.74, 6) is 0.625. The van der Waals surface area contributed by atoms with E-state index in [4.69, 9.17) is 0 Å². The fourth-order valence-corrected chi connectivity index (χ4v) is 3.58. The number of carbonyl (C=O) groups excluding carboxylic acids is 1. The molecule has 0 aromatic heterocycles. The zero-order chi connectivity index (χ0) is 14.8. The fraction of sp³-hybridized carbons (Fsp3) is 0.588. The average molecular weight is 288 g/mol. The highest BCUT2D eigenvalue weighted by Crippen LogP contribution is 2.28. The first kappa shape index (κ1) is 14.5. The summed E-state index contributed by atoms with van der Waals surface area (Å²) in [6.07, 6.45) is 2.67. The van der Waals surface area contributed by atoms with E-state index in [1.54, 1.807) is 0 Å². The lowest BCUT2D eigenvalue weighted by Gasteiger charge is -2.36. The molecule has 1 aromatic rings. The third-order valence-electron chi connectivity index (χ3n) is 4.94. The van der Waals surface area contributed by atoms with E-state index in [-0.39, 0.29) is 18.1 Å². The second kappa shape index (κ2) is 6.16. The van der Waals surface area contributed by atoms with Crippen LogP contribution in [0.2, 0.25) is 0 Å². The Labute approximate surface area is 126 Å². The van der Waals surface area contributed by atoms with E-state index < -0.39 is 0 Å². The van der Waals surface area contributed by atoms with Crippen molar-refractivity contribution in [2.45, 2.75) is 38.3 Å². The lowest BCUT2D eigenvalue weighted by atomic mass is 9.91. The first-order chi connectivity index (χ1) is 10.2. The number of aliphatic hydroxyl groups is 1. The molecule has 2 unspecified atom stereocenters. The number of benzene rings is 1. The maximum atomic E-state index is 12.7. The van der Waals surface area contributed by atoms with Crippen LogP contribution in [-0.2, 0) is 4.79 Å². The van der Waals surface area contributed by atoms with Crippen molar-refractivity contribution >= 4 is 11.6 Å². The average Bonchev–Trinajstić information content (AvgIpc) is 2.90. The number of anilines is 1. The van der Waals surface area contributed by atoms with E-state index in [1.165, 1.54) is 0 Å². The third-order valence-corrected chi connectivity index (χ3v) is 4.94. The van der Waals surface area contributed by atoms with Crippen LogP contribution < -0.4 is 4.90 Å². The predicted octanol–water partition coefficient (Wildman–Crippen LogP) is 1.88. The fourth-order valence-electron chi connectivity index (χ4n) is 3.58. The minimum Gasteiger partial charge on any atom is -0.393 e. The Bertz CT molecular complexity index is 481. The third kappa shape index (κ3) is 2.97. The van der Waals surface area contributed by atoms with Crippen LogP contribution in [0.4, 0.5) is 5.69 Å². The minimum atomic E-state index is -0.229. The van der Waals surface area contributed by atoms with E-state index >= 15 is 0 Å². The predicted molar refractivity (Wildman–Crippen MR) is 83.2 cm³/mol. The molecule has 1 aromatic carbocycles. The largest absolute Gasteiger partial charge is 0.393 e. The standard InChI is InChI=1S/C17H24N2O2/c1-13(20)14-7-10-18(11-8-14)16-9-12-19(17(16)21)15-5-3-2-4-6-15/h2-6,13-14,16,20H,7-12H2,1H3. The van der Waals surface area contributed by atoms with Gasteiger partial charge in [0.2, 0.25) is 5.91 Å². The molecule has 0 spiro atoms. The van der Waals surface area contributed by atoms with Gasteiger partial charge in [0.15, 0.2) is 0 Å². The van der Waals surface area contributed by atoms with Crippen LogP contribution in [-0.4, -0.2) is 47.7 Å². The Balaban J connectivity index is 1.63. The Hall–Kier alpha value is -1.39. The monoisotopic (exact) mass is 288 g/mol. The van der Waals surface area contributed by atoms with Crippen molar-refractivity contribution in [2.75, 3.05) is 24.5 Å². The van der Waals surface area contributed by atoms with E-state index in [2.05, 4.69) is 4.90 Å². The molecule has 1 N–H and O–H groups in total. The highest BCUT2D eigenvalue weighted by atomic mass is 16.3. The van der Waals surface area contributed by atoms with Gasteiger partial charge in [0.05, 0.1) is 12.1 Å². The molecule has 0 radical (unpaired) electrons. The minimum absolute atomic E-state index is 0.0279. The van der Waals surface area contributed by atoms with Crippen LogP contribution in [0.25, 0.3) is 0 Å². The van der Waals surface area contributed by atoms with Crippen molar-refractivity contribution in [1.29, 1.82) is 0 Å². The molecule has 4 nitrogen and oxygen atoms in total. The van der Waals surface area contributed by atoms with E-state index in [0.29, 0.717) is 5.92 Å². The molecule has 2 aliphatic heterocycles. The van der Waals surface area contributed by atoms with E-state index in [9.17, 15) is 9.90 Å². The van der Waals surface area contributed by atoms with Crippen LogP contribution in [0, 0.1) is 5.92 Å². The smallest absolute Gasteiger partial charge is 0.244 e. The van der Waals surface area contributed by atoms with Gasteiger partial charge < -0.3 is 10.0 Å². The molecule has 2 fully saturated rings. The molecule has 21 heavy (non-hydrogen) atoms. The quantitative estimate of drug-likeness (QED) is 0.923. The summed E-state index contributed by atoms with van der Waals surface area (Å²) in [4.78, 5) is 16.9.